The van der Waals surface area contributed by atoms with Crippen molar-refractivity contribution in [3.8, 4) is 0 Å². The molecule has 1 amide bonds. The predicted molar refractivity (Wildman–Crippen MR) is 85.6 cm³/mol. The van der Waals surface area contributed by atoms with Gasteiger partial charge < -0.3 is 10.2 Å². The van der Waals surface area contributed by atoms with E-state index in [-0.39, 0.29) is 29.8 Å². The summed E-state index contributed by atoms with van der Waals surface area (Å²) in [4.78, 5) is 27.0. The molecule has 0 aromatic heterocycles. The van der Waals surface area contributed by atoms with Gasteiger partial charge in [-0.3, -0.25) is 9.59 Å². The molecule has 4 nitrogen and oxygen atoms in total. The maximum absolute atomic E-state index is 13.0. The molecular weight excluding hydrogens is 276 g/mol. The van der Waals surface area contributed by atoms with E-state index in [1.165, 1.54) is 16.7 Å². The topological polar surface area (TPSA) is 49.4 Å². The highest BCUT2D eigenvalue weighted by Crippen LogP contribution is 2.40. The molecule has 1 aromatic rings. The molecule has 3 rings (SSSR count). The van der Waals surface area contributed by atoms with Crippen molar-refractivity contribution in [1.29, 1.82) is 0 Å². The largest absolute Gasteiger partial charge is 0.324 e. The average Bonchev–Trinajstić information content (AvgIpc) is 2.63. The number of aryl methyl sites for hydroxylation is 1. The van der Waals surface area contributed by atoms with E-state index in [1.807, 2.05) is 11.9 Å². The standard InChI is InChI=1S/C18H24N2O2/c1-11-6-4-7-13-10-14(19-3)18(22)20-15(12(2)21)8-5-9-16(20)17(11)13/h4,6-7,14-16,19H,5,8-10H2,1-3H3. The smallest absolute Gasteiger partial charge is 0.241 e. The van der Waals surface area contributed by atoms with E-state index in [4.69, 9.17) is 0 Å². The number of nitrogens with one attached hydrogen (secondary N) is 1. The third kappa shape index (κ3) is 2.35. The van der Waals surface area contributed by atoms with Crippen LogP contribution in [0.15, 0.2) is 18.2 Å². The minimum absolute atomic E-state index is 0.0460. The number of hydrogen-bond acceptors (Lipinski definition) is 3. The molecule has 2 aliphatic rings. The first-order valence-corrected chi connectivity index (χ1v) is 8.13. The molecule has 2 aliphatic heterocycles. The van der Waals surface area contributed by atoms with Crippen molar-refractivity contribution < 1.29 is 9.59 Å². The first kappa shape index (κ1) is 15.2. The molecule has 0 aliphatic carbocycles. The Labute approximate surface area is 131 Å². The fraction of sp³-hybridized carbons (Fsp3) is 0.556. The van der Waals surface area contributed by atoms with E-state index in [0.29, 0.717) is 6.42 Å². The Kier molecular flexibility index (Phi) is 4.04. The summed E-state index contributed by atoms with van der Waals surface area (Å²) in [6.07, 6.45) is 3.43. The molecule has 1 N–H and O–H groups in total. The van der Waals surface area contributed by atoms with Crippen molar-refractivity contribution >= 4 is 11.7 Å². The maximum Gasteiger partial charge on any atom is 0.241 e. The highest BCUT2D eigenvalue weighted by molar-refractivity contribution is 5.91. The zero-order valence-electron chi connectivity index (χ0n) is 13.6. The molecular formula is C18H24N2O2. The number of carbonyl (C=O) groups excluding carboxylic acids is 2. The van der Waals surface area contributed by atoms with Gasteiger partial charge in [0, 0.05) is 0 Å². The zero-order valence-corrected chi connectivity index (χ0v) is 13.6. The summed E-state index contributed by atoms with van der Waals surface area (Å²) in [5.41, 5.74) is 3.73. The minimum atomic E-state index is -0.271. The number of fused-ring (bicyclic) bond motifs is 3. The molecule has 2 heterocycles. The highest BCUT2D eigenvalue weighted by atomic mass is 16.2. The number of hydrogen-bond donors (Lipinski definition) is 1. The second-order valence-electron chi connectivity index (χ2n) is 6.51. The van der Waals surface area contributed by atoms with Crippen LogP contribution in [0, 0.1) is 6.92 Å². The van der Waals surface area contributed by atoms with Crippen molar-refractivity contribution in [2.45, 2.75) is 57.7 Å². The van der Waals surface area contributed by atoms with E-state index in [2.05, 4.69) is 30.4 Å². The first-order valence-electron chi connectivity index (χ1n) is 8.13. The summed E-state index contributed by atoms with van der Waals surface area (Å²) in [6, 6.07) is 5.83. The molecule has 3 atom stereocenters. The van der Waals surface area contributed by atoms with Gasteiger partial charge in [-0.25, -0.2) is 0 Å². The van der Waals surface area contributed by atoms with E-state index in [0.717, 1.165) is 19.3 Å². The Balaban J connectivity index is 2.15. The predicted octanol–water partition coefficient (Wildman–Crippen LogP) is 2.15. The average molecular weight is 300 g/mol. The molecule has 22 heavy (non-hydrogen) atoms. The van der Waals surface area contributed by atoms with Crippen LogP contribution in [-0.2, 0) is 16.0 Å². The quantitative estimate of drug-likeness (QED) is 0.910. The maximum atomic E-state index is 13.0. The van der Waals surface area contributed by atoms with Crippen LogP contribution in [-0.4, -0.2) is 35.7 Å². The summed E-state index contributed by atoms with van der Waals surface area (Å²) in [6.45, 7) is 3.72. The molecule has 0 radical (unpaired) electrons. The van der Waals surface area contributed by atoms with Gasteiger partial charge in [0.15, 0.2) is 5.78 Å². The lowest BCUT2D eigenvalue weighted by Crippen LogP contribution is -2.54. The van der Waals surface area contributed by atoms with Gasteiger partial charge in [0.2, 0.25) is 5.91 Å². The number of amides is 1. The van der Waals surface area contributed by atoms with E-state index < -0.39 is 0 Å². The summed E-state index contributed by atoms with van der Waals surface area (Å²) < 4.78 is 0. The number of likely N-dealkylation sites (N-methyl/N-ethyl adjacent to an activating group) is 1. The lowest BCUT2D eigenvalue weighted by atomic mass is 9.86. The van der Waals surface area contributed by atoms with Gasteiger partial charge in [-0.05, 0) is 63.3 Å². The number of carbonyl (C=O) groups is 2. The third-order valence-corrected chi connectivity index (χ3v) is 5.17. The van der Waals surface area contributed by atoms with Crippen molar-refractivity contribution in [3.63, 3.8) is 0 Å². The van der Waals surface area contributed by atoms with Crippen LogP contribution in [0.4, 0.5) is 0 Å². The van der Waals surface area contributed by atoms with Gasteiger partial charge in [-0.1, -0.05) is 18.2 Å². The summed E-state index contributed by atoms with van der Waals surface area (Å²) in [5.74, 6) is 0.174. The van der Waals surface area contributed by atoms with Crippen LogP contribution in [0.1, 0.15) is 48.9 Å². The van der Waals surface area contributed by atoms with Crippen molar-refractivity contribution in [2.24, 2.45) is 0 Å². The normalized spacial score (nSPS) is 27.9. The second-order valence-corrected chi connectivity index (χ2v) is 6.51. The summed E-state index contributed by atoms with van der Waals surface area (Å²) in [5, 5.41) is 3.14. The highest BCUT2D eigenvalue weighted by Gasteiger charge is 2.43. The number of piperidine rings is 1. The van der Waals surface area contributed by atoms with Gasteiger partial charge in [-0.15, -0.1) is 0 Å². The first-order chi connectivity index (χ1) is 10.5. The molecule has 118 valence electrons. The van der Waals surface area contributed by atoms with E-state index >= 15 is 0 Å². The molecule has 3 unspecified atom stereocenters. The third-order valence-electron chi connectivity index (χ3n) is 5.17. The Morgan fingerprint density at radius 2 is 2.09 bits per heavy atom. The van der Waals surface area contributed by atoms with Crippen LogP contribution >= 0.6 is 0 Å². The van der Waals surface area contributed by atoms with Crippen LogP contribution in [0.5, 0.6) is 0 Å². The molecule has 1 fully saturated rings. The van der Waals surface area contributed by atoms with Crippen LogP contribution in [0.2, 0.25) is 0 Å². The minimum Gasteiger partial charge on any atom is -0.324 e. The van der Waals surface area contributed by atoms with Crippen molar-refractivity contribution in [2.75, 3.05) is 7.05 Å². The number of Topliss-reactive ketones (excluding diaryl/α,β-unsaturated/α-hetero) is 1. The molecule has 4 heteroatoms. The van der Waals surface area contributed by atoms with Crippen molar-refractivity contribution in [3.05, 3.63) is 34.9 Å². The number of rotatable bonds is 2. The lowest BCUT2D eigenvalue weighted by molar-refractivity contribution is -0.145. The second kappa shape index (κ2) is 5.84. The fourth-order valence-corrected chi connectivity index (χ4v) is 4.10. The number of benzene rings is 1. The number of nitrogens with zero attached hydrogens (tertiary/aromatic N) is 1. The van der Waals surface area contributed by atoms with E-state index in [9.17, 15) is 9.59 Å². The van der Waals surface area contributed by atoms with Crippen LogP contribution in [0.25, 0.3) is 0 Å². The van der Waals surface area contributed by atoms with Gasteiger partial charge in [0.25, 0.3) is 0 Å². The van der Waals surface area contributed by atoms with Gasteiger partial charge >= 0.3 is 0 Å². The summed E-state index contributed by atoms with van der Waals surface area (Å²) in [7, 11) is 1.82. The number of ketones is 1. The molecule has 1 saturated heterocycles. The SMILES string of the molecule is CNC1Cc2cccc(C)c2C2CCCC(C(C)=O)N2C1=O. The molecule has 0 saturated carbocycles. The molecule has 1 aromatic carbocycles. The van der Waals surface area contributed by atoms with Crippen molar-refractivity contribution in [1.82, 2.24) is 10.2 Å². The Bertz CT molecular complexity index is 611. The zero-order chi connectivity index (χ0) is 15.9. The Morgan fingerprint density at radius 3 is 2.77 bits per heavy atom. The fourth-order valence-electron chi connectivity index (χ4n) is 4.10. The van der Waals surface area contributed by atoms with Crippen LogP contribution < -0.4 is 5.32 Å². The van der Waals surface area contributed by atoms with Crippen LogP contribution in [0.3, 0.4) is 0 Å². The molecule has 0 spiro atoms. The van der Waals surface area contributed by atoms with Gasteiger partial charge in [-0.2, -0.15) is 0 Å². The Morgan fingerprint density at radius 1 is 1.32 bits per heavy atom. The summed E-state index contributed by atoms with van der Waals surface area (Å²) >= 11 is 0. The van der Waals surface area contributed by atoms with Gasteiger partial charge in [0.1, 0.15) is 0 Å². The lowest BCUT2D eigenvalue weighted by Gasteiger charge is -2.42. The van der Waals surface area contributed by atoms with E-state index in [1.54, 1.807) is 6.92 Å². The monoisotopic (exact) mass is 300 g/mol. The Hall–Kier alpha value is -1.68. The molecule has 0 bridgehead atoms. The van der Waals surface area contributed by atoms with Gasteiger partial charge in [0.05, 0.1) is 18.1 Å².